The number of oxazole rings is 1. The van der Waals surface area contributed by atoms with E-state index in [9.17, 15) is 0 Å². The number of thiazole rings is 1. The molecule has 0 radical (unpaired) electrons. The lowest BCUT2D eigenvalue weighted by Crippen LogP contribution is -2.36. The third-order valence-corrected chi connectivity index (χ3v) is 4.43. The quantitative estimate of drug-likeness (QED) is 0.340. The molecule has 2 N–H and O–H groups in total. The van der Waals surface area contributed by atoms with Crippen molar-refractivity contribution >= 4 is 41.3 Å². The molecule has 3 rings (SSSR count). The number of nitrogens with one attached hydrogen (secondary N) is 2. The van der Waals surface area contributed by atoms with Crippen LogP contribution in [0, 0.1) is 6.92 Å². The summed E-state index contributed by atoms with van der Waals surface area (Å²) in [7, 11) is 1.74. The largest absolute Gasteiger partial charge is 0.444 e. The van der Waals surface area contributed by atoms with Gasteiger partial charge < -0.3 is 15.1 Å². The average Bonchev–Trinajstić information content (AvgIpc) is 3.25. The summed E-state index contributed by atoms with van der Waals surface area (Å²) in [5.41, 5.74) is 4.69. The predicted octanol–water partition coefficient (Wildman–Crippen LogP) is 3.59. The number of halogens is 1. The first kappa shape index (κ1) is 19.4. The fourth-order valence-corrected chi connectivity index (χ4v) is 2.87. The highest BCUT2D eigenvalue weighted by atomic mass is 127. The van der Waals surface area contributed by atoms with Crippen molar-refractivity contribution in [1.29, 1.82) is 0 Å². The van der Waals surface area contributed by atoms with Gasteiger partial charge in [-0.05, 0) is 19.1 Å². The molecule has 1 aromatic carbocycles. The van der Waals surface area contributed by atoms with Crippen LogP contribution in [0.5, 0.6) is 0 Å². The second-order valence-electron chi connectivity index (χ2n) is 5.15. The number of aliphatic imine (C=N–C) groups is 1. The molecule has 8 heteroatoms. The topological polar surface area (TPSA) is 75.3 Å². The van der Waals surface area contributed by atoms with Crippen LogP contribution in [0.2, 0.25) is 0 Å². The summed E-state index contributed by atoms with van der Waals surface area (Å²) in [6, 6.07) is 9.84. The van der Waals surface area contributed by atoms with E-state index in [2.05, 4.69) is 25.6 Å². The Morgan fingerprint density at radius 1 is 1.20 bits per heavy atom. The Kier molecular flexibility index (Phi) is 7.38. The molecule has 25 heavy (non-hydrogen) atoms. The second-order valence-corrected chi connectivity index (χ2v) is 6.09. The first-order valence-electron chi connectivity index (χ1n) is 7.59. The molecule has 2 aromatic heterocycles. The number of hydrogen-bond donors (Lipinski definition) is 2. The predicted molar refractivity (Wildman–Crippen MR) is 111 cm³/mol. The minimum atomic E-state index is 0. The summed E-state index contributed by atoms with van der Waals surface area (Å²) >= 11 is 1.63. The SMILES string of the molecule is CN=C(NCc1coc(-c2ccccc2)n1)NCc1scnc1C.I. The summed E-state index contributed by atoms with van der Waals surface area (Å²) in [5.74, 6) is 1.34. The van der Waals surface area contributed by atoms with Crippen LogP contribution in [0.15, 0.2) is 51.5 Å². The van der Waals surface area contributed by atoms with E-state index in [1.807, 2.05) is 42.8 Å². The zero-order valence-corrected chi connectivity index (χ0v) is 17.2. The van der Waals surface area contributed by atoms with E-state index in [0.29, 0.717) is 24.9 Å². The highest BCUT2D eigenvalue weighted by Crippen LogP contribution is 2.17. The number of aromatic nitrogens is 2. The van der Waals surface area contributed by atoms with Crippen LogP contribution in [0.1, 0.15) is 16.3 Å². The van der Waals surface area contributed by atoms with Crippen molar-refractivity contribution in [3.63, 3.8) is 0 Å². The Morgan fingerprint density at radius 3 is 2.64 bits per heavy atom. The van der Waals surface area contributed by atoms with Gasteiger partial charge in [-0.1, -0.05) is 18.2 Å². The molecule has 0 fully saturated rings. The summed E-state index contributed by atoms with van der Waals surface area (Å²) in [4.78, 5) is 14.1. The molecule has 0 saturated heterocycles. The highest BCUT2D eigenvalue weighted by molar-refractivity contribution is 14.0. The molecule has 0 atom stereocenters. The summed E-state index contributed by atoms with van der Waals surface area (Å²) < 4.78 is 5.53. The molecule has 3 aromatic rings. The van der Waals surface area contributed by atoms with E-state index in [0.717, 1.165) is 17.0 Å². The van der Waals surface area contributed by atoms with Crippen LogP contribution >= 0.6 is 35.3 Å². The van der Waals surface area contributed by atoms with E-state index in [1.165, 1.54) is 4.88 Å². The van der Waals surface area contributed by atoms with Crippen LogP contribution in [0.3, 0.4) is 0 Å². The van der Waals surface area contributed by atoms with Crippen LogP contribution in [-0.4, -0.2) is 23.0 Å². The Bertz CT molecular complexity index is 815. The Labute approximate surface area is 167 Å². The summed E-state index contributed by atoms with van der Waals surface area (Å²) in [6.45, 7) is 3.24. The summed E-state index contributed by atoms with van der Waals surface area (Å²) in [6.07, 6.45) is 1.66. The average molecular weight is 469 g/mol. The van der Waals surface area contributed by atoms with Crippen molar-refractivity contribution < 1.29 is 4.42 Å². The van der Waals surface area contributed by atoms with E-state index < -0.39 is 0 Å². The number of aryl methyl sites for hydroxylation is 1. The lowest BCUT2D eigenvalue weighted by atomic mass is 10.2. The Hall–Kier alpha value is -1.94. The molecule has 0 saturated carbocycles. The molecule has 0 amide bonds. The molecule has 0 aliphatic heterocycles. The maximum Gasteiger partial charge on any atom is 0.226 e. The molecule has 0 unspecified atom stereocenters. The van der Waals surface area contributed by atoms with Crippen LogP contribution in [0.25, 0.3) is 11.5 Å². The lowest BCUT2D eigenvalue weighted by Gasteiger charge is -2.10. The van der Waals surface area contributed by atoms with E-state index >= 15 is 0 Å². The number of hydrogen-bond acceptors (Lipinski definition) is 5. The Balaban J connectivity index is 0.00000225. The highest BCUT2D eigenvalue weighted by Gasteiger charge is 2.07. The van der Waals surface area contributed by atoms with Crippen molar-refractivity contribution in [2.75, 3.05) is 7.05 Å². The molecular formula is C17H20IN5OS. The fraction of sp³-hybridized carbons (Fsp3) is 0.235. The smallest absolute Gasteiger partial charge is 0.226 e. The third kappa shape index (κ3) is 5.27. The number of rotatable bonds is 5. The molecular weight excluding hydrogens is 449 g/mol. The van der Waals surface area contributed by atoms with Crippen molar-refractivity contribution in [3.8, 4) is 11.5 Å². The molecule has 132 valence electrons. The Morgan fingerprint density at radius 2 is 1.96 bits per heavy atom. The van der Waals surface area contributed by atoms with Gasteiger partial charge in [0.05, 0.1) is 30.0 Å². The molecule has 2 heterocycles. The van der Waals surface area contributed by atoms with Gasteiger partial charge in [-0.3, -0.25) is 4.99 Å². The monoisotopic (exact) mass is 469 g/mol. The van der Waals surface area contributed by atoms with Crippen molar-refractivity contribution in [1.82, 2.24) is 20.6 Å². The van der Waals surface area contributed by atoms with Crippen LogP contribution in [-0.2, 0) is 13.1 Å². The van der Waals surface area contributed by atoms with E-state index in [1.54, 1.807) is 24.6 Å². The zero-order valence-electron chi connectivity index (χ0n) is 14.0. The van der Waals surface area contributed by atoms with Crippen LogP contribution < -0.4 is 10.6 Å². The van der Waals surface area contributed by atoms with Gasteiger partial charge in [-0.15, -0.1) is 35.3 Å². The minimum Gasteiger partial charge on any atom is -0.444 e. The van der Waals surface area contributed by atoms with Crippen molar-refractivity contribution in [2.45, 2.75) is 20.0 Å². The van der Waals surface area contributed by atoms with Crippen molar-refractivity contribution in [2.24, 2.45) is 4.99 Å². The number of nitrogens with zero attached hydrogens (tertiary/aromatic N) is 3. The van der Waals surface area contributed by atoms with E-state index in [-0.39, 0.29) is 24.0 Å². The van der Waals surface area contributed by atoms with Crippen LogP contribution in [0.4, 0.5) is 0 Å². The van der Waals surface area contributed by atoms with Gasteiger partial charge in [0.1, 0.15) is 6.26 Å². The standard InChI is InChI=1S/C17H19N5OS.HI/c1-12-15(24-11-21-12)9-20-17(18-2)19-8-14-10-23-16(22-14)13-6-4-3-5-7-13;/h3-7,10-11H,8-9H2,1-2H3,(H2,18,19,20);1H. The molecule has 0 spiro atoms. The van der Waals surface area contributed by atoms with Gasteiger partial charge in [-0.2, -0.15) is 0 Å². The zero-order chi connectivity index (χ0) is 16.8. The van der Waals surface area contributed by atoms with Gasteiger partial charge in [0.25, 0.3) is 0 Å². The van der Waals surface area contributed by atoms with Crippen molar-refractivity contribution in [3.05, 3.63) is 58.4 Å². The first-order chi connectivity index (χ1) is 11.8. The van der Waals surface area contributed by atoms with Gasteiger partial charge in [0.2, 0.25) is 5.89 Å². The lowest BCUT2D eigenvalue weighted by molar-refractivity contribution is 0.572. The normalized spacial score (nSPS) is 11.0. The summed E-state index contributed by atoms with van der Waals surface area (Å²) in [5, 5.41) is 6.51. The maximum absolute atomic E-state index is 5.53. The molecule has 6 nitrogen and oxygen atoms in total. The molecule has 0 aliphatic rings. The maximum atomic E-state index is 5.53. The molecule has 0 aliphatic carbocycles. The third-order valence-electron chi connectivity index (χ3n) is 3.49. The van der Waals surface area contributed by atoms with E-state index in [4.69, 9.17) is 4.42 Å². The van der Waals surface area contributed by atoms with Gasteiger partial charge in [0, 0.05) is 17.5 Å². The molecule has 0 bridgehead atoms. The van der Waals surface area contributed by atoms with Gasteiger partial charge >= 0.3 is 0 Å². The number of guanidine groups is 1. The van der Waals surface area contributed by atoms with Gasteiger partial charge in [-0.25, -0.2) is 9.97 Å². The minimum absolute atomic E-state index is 0. The fourth-order valence-electron chi connectivity index (χ4n) is 2.16. The second kappa shape index (κ2) is 9.52. The first-order valence-corrected chi connectivity index (χ1v) is 8.47. The number of benzene rings is 1. The van der Waals surface area contributed by atoms with Gasteiger partial charge in [0.15, 0.2) is 5.96 Å².